The Labute approximate surface area is 148 Å². The molecule has 0 radical (unpaired) electrons. The predicted octanol–water partition coefficient (Wildman–Crippen LogP) is 3.00. The van der Waals surface area contributed by atoms with Crippen molar-refractivity contribution >= 4 is 33.8 Å². The van der Waals surface area contributed by atoms with Crippen molar-refractivity contribution in [1.29, 1.82) is 0 Å². The smallest absolute Gasteiger partial charge is 0.276 e. The lowest BCUT2D eigenvalue weighted by molar-refractivity contribution is -0.128. The molecule has 2 aromatic rings. The number of rotatable bonds is 5. The van der Waals surface area contributed by atoms with Crippen LogP contribution in [0.25, 0.3) is 6.08 Å². The lowest BCUT2D eigenvalue weighted by Crippen LogP contribution is -2.43. The minimum Gasteiger partial charge on any atom is -0.483 e. The summed E-state index contributed by atoms with van der Waals surface area (Å²) in [4.78, 5) is 23.3. The van der Waals surface area contributed by atoms with Gasteiger partial charge in [0.15, 0.2) is 6.61 Å². The fourth-order valence-corrected chi connectivity index (χ4v) is 2.34. The third kappa shape index (κ3) is 5.89. The Balaban J connectivity index is 1.74. The van der Waals surface area contributed by atoms with Crippen molar-refractivity contribution in [2.24, 2.45) is 0 Å². The topological polar surface area (TPSA) is 67.4 Å². The highest BCUT2D eigenvalue weighted by Gasteiger charge is 2.06. The van der Waals surface area contributed by atoms with Crippen LogP contribution in [0.5, 0.6) is 5.75 Å². The number of hydrogen-bond donors (Lipinski definition) is 2. The first-order valence-corrected chi connectivity index (χ1v) is 8.05. The van der Waals surface area contributed by atoms with E-state index in [1.165, 1.54) is 6.08 Å². The van der Waals surface area contributed by atoms with E-state index in [1.54, 1.807) is 12.1 Å². The van der Waals surface area contributed by atoms with Crippen LogP contribution < -0.4 is 15.6 Å². The van der Waals surface area contributed by atoms with Crippen molar-refractivity contribution in [1.82, 2.24) is 10.9 Å². The average molecular weight is 389 g/mol. The van der Waals surface area contributed by atoms with Gasteiger partial charge < -0.3 is 4.74 Å². The van der Waals surface area contributed by atoms with Gasteiger partial charge in [-0.15, -0.1) is 0 Å². The third-order valence-electron chi connectivity index (χ3n) is 3.05. The highest BCUT2D eigenvalue weighted by molar-refractivity contribution is 9.10. The largest absolute Gasteiger partial charge is 0.483 e. The zero-order valence-corrected chi connectivity index (χ0v) is 14.7. The second-order valence-electron chi connectivity index (χ2n) is 4.98. The van der Waals surface area contributed by atoms with Crippen LogP contribution in [0.4, 0.5) is 0 Å². The summed E-state index contributed by atoms with van der Waals surface area (Å²) in [6.45, 7) is 1.69. The highest BCUT2D eigenvalue weighted by atomic mass is 79.9. The summed E-state index contributed by atoms with van der Waals surface area (Å²) in [6.07, 6.45) is 3.00. The summed E-state index contributed by atoms with van der Waals surface area (Å²) in [7, 11) is 0. The molecule has 0 spiro atoms. The second-order valence-corrected chi connectivity index (χ2v) is 5.90. The summed E-state index contributed by atoms with van der Waals surface area (Å²) in [5.41, 5.74) is 6.40. The van der Waals surface area contributed by atoms with Gasteiger partial charge in [-0.05, 0) is 42.3 Å². The summed E-state index contributed by atoms with van der Waals surface area (Å²) in [5, 5.41) is 0. The molecule has 2 amide bonds. The number of ether oxygens (including phenoxy) is 1. The van der Waals surface area contributed by atoms with Crippen molar-refractivity contribution in [2.45, 2.75) is 6.92 Å². The molecular weight excluding hydrogens is 372 g/mol. The SMILES string of the molecule is Cc1cc(Br)ccc1OCC(=O)NNC(=O)C=Cc1ccccc1. The van der Waals surface area contributed by atoms with Crippen LogP contribution in [0.3, 0.4) is 0 Å². The van der Waals surface area contributed by atoms with Crippen molar-refractivity contribution in [2.75, 3.05) is 6.61 Å². The van der Waals surface area contributed by atoms with Crippen molar-refractivity contribution < 1.29 is 14.3 Å². The summed E-state index contributed by atoms with van der Waals surface area (Å²) < 4.78 is 6.35. The van der Waals surface area contributed by atoms with E-state index in [2.05, 4.69) is 26.8 Å². The molecule has 2 aromatic carbocycles. The van der Waals surface area contributed by atoms with Gasteiger partial charge in [-0.25, -0.2) is 0 Å². The molecule has 0 atom stereocenters. The predicted molar refractivity (Wildman–Crippen MR) is 96.1 cm³/mol. The van der Waals surface area contributed by atoms with Crippen molar-refractivity contribution in [3.05, 3.63) is 70.2 Å². The van der Waals surface area contributed by atoms with Gasteiger partial charge in [-0.1, -0.05) is 46.3 Å². The Morgan fingerprint density at radius 2 is 1.88 bits per heavy atom. The van der Waals surface area contributed by atoms with E-state index >= 15 is 0 Å². The van der Waals surface area contributed by atoms with Gasteiger partial charge in [-0.3, -0.25) is 20.4 Å². The van der Waals surface area contributed by atoms with E-state index in [-0.39, 0.29) is 6.61 Å². The second kappa shape index (κ2) is 8.88. The lowest BCUT2D eigenvalue weighted by Gasteiger charge is -2.09. The Morgan fingerprint density at radius 3 is 2.58 bits per heavy atom. The molecule has 2 rings (SSSR count). The number of hydrogen-bond acceptors (Lipinski definition) is 3. The molecule has 0 aliphatic carbocycles. The fourth-order valence-electron chi connectivity index (χ4n) is 1.86. The molecule has 0 unspecified atom stereocenters. The van der Waals surface area contributed by atoms with Crippen molar-refractivity contribution in [3.63, 3.8) is 0 Å². The van der Waals surface area contributed by atoms with E-state index < -0.39 is 11.8 Å². The summed E-state index contributed by atoms with van der Waals surface area (Å²) in [6, 6.07) is 14.9. The first-order valence-electron chi connectivity index (χ1n) is 7.25. The molecule has 2 N–H and O–H groups in total. The third-order valence-corrected chi connectivity index (χ3v) is 3.54. The normalized spacial score (nSPS) is 10.4. The van der Waals surface area contributed by atoms with Crippen LogP contribution in [0.2, 0.25) is 0 Å². The molecule has 5 nitrogen and oxygen atoms in total. The standard InChI is InChI=1S/C18H17BrN2O3/c1-13-11-15(19)8-9-16(13)24-12-18(23)21-20-17(22)10-7-14-5-3-2-4-6-14/h2-11H,12H2,1H3,(H,20,22)(H,21,23). The minimum absolute atomic E-state index is 0.189. The molecule has 0 aliphatic rings. The summed E-state index contributed by atoms with van der Waals surface area (Å²) >= 11 is 3.36. The number of amides is 2. The maximum atomic E-state index is 11.7. The maximum absolute atomic E-state index is 11.7. The Hall–Kier alpha value is -2.60. The first-order chi connectivity index (χ1) is 11.5. The number of carbonyl (C=O) groups is 2. The molecule has 0 heterocycles. The Bertz CT molecular complexity index is 745. The van der Waals surface area contributed by atoms with Gasteiger partial charge in [0.05, 0.1) is 0 Å². The fraction of sp³-hybridized carbons (Fsp3) is 0.111. The van der Waals surface area contributed by atoms with Gasteiger partial charge in [0, 0.05) is 10.5 Å². The molecule has 0 bridgehead atoms. The zero-order valence-electron chi connectivity index (χ0n) is 13.1. The number of carbonyl (C=O) groups excluding carboxylic acids is 2. The number of halogens is 1. The first kappa shape index (κ1) is 17.7. The van der Waals surface area contributed by atoms with E-state index in [0.29, 0.717) is 5.75 Å². The maximum Gasteiger partial charge on any atom is 0.276 e. The molecule has 0 saturated carbocycles. The molecule has 6 heteroatoms. The van der Waals surface area contributed by atoms with Gasteiger partial charge >= 0.3 is 0 Å². The summed E-state index contributed by atoms with van der Waals surface area (Å²) in [5.74, 6) is -0.255. The van der Waals surface area contributed by atoms with Gasteiger partial charge in [0.25, 0.3) is 11.8 Å². The van der Waals surface area contributed by atoms with E-state index in [9.17, 15) is 9.59 Å². The lowest BCUT2D eigenvalue weighted by atomic mass is 10.2. The highest BCUT2D eigenvalue weighted by Crippen LogP contribution is 2.21. The monoisotopic (exact) mass is 388 g/mol. The Morgan fingerprint density at radius 1 is 1.12 bits per heavy atom. The van der Waals surface area contributed by atoms with E-state index in [4.69, 9.17) is 4.74 Å². The van der Waals surface area contributed by atoms with E-state index in [1.807, 2.05) is 49.4 Å². The van der Waals surface area contributed by atoms with Gasteiger partial charge in [-0.2, -0.15) is 0 Å². The Kier molecular flexibility index (Phi) is 6.57. The minimum atomic E-state index is -0.446. The average Bonchev–Trinajstić information content (AvgIpc) is 2.58. The molecule has 0 aromatic heterocycles. The van der Waals surface area contributed by atoms with Gasteiger partial charge in [0.1, 0.15) is 5.75 Å². The van der Waals surface area contributed by atoms with Crippen LogP contribution >= 0.6 is 15.9 Å². The number of hydrazine groups is 1. The van der Waals surface area contributed by atoms with Crippen molar-refractivity contribution in [3.8, 4) is 5.75 Å². The number of nitrogens with one attached hydrogen (secondary N) is 2. The number of benzene rings is 2. The molecule has 124 valence electrons. The molecule has 0 fully saturated rings. The zero-order chi connectivity index (χ0) is 17.4. The number of aryl methyl sites for hydroxylation is 1. The molecule has 0 saturated heterocycles. The molecule has 0 aliphatic heterocycles. The molecular formula is C18H17BrN2O3. The van der Waals surface area contributed by atoms with Gasteiger partial charge in [0.2, 0.25) is 0 Å². The van der Waals surface area contributed by atoms with Crippen LogP contribution in [0.1, 0.15) is 11.1 Å². The quantitative estimate of drug-likeness (QED) is 0.610. The van der Waals surface area contributed by atoms with Crippen LogP contribution in [-0.2, 0) is 9.59 Å². The van der Waals surface area contributed by atoms with Crippen LogP contribution in [0, 0.1) is 6.92 Å². The van der Waals surface area contributed by atoms with Crippen LogP contribution in [0.15, 0.2) is 59.1 Å². The van der Waals surface area contributed by atoms with Crippen LogP contribution in [-0.4, -0.2) is 18.4 Å². The molecule has 24 heavy (non-hydrogen) atoms. The van der Waals surface area contributed by atoms with E-state index in [0.717, 1.165) is 15.6 Å².